The third-order valence-electron chi connectivity index (χ3n) is 3.15. The molecule has 0 unspecified atom stereocenters. The molecule has 0 spiro atoms. The van der Waals surface area contributed by atoms with Gasteiger partial charge in [-0.1, -0.05) is 12.1 Å². The number of rotatable bonds is 4. The molecule has 0 bridgehead atoms. The summed E-state index contributed by atoms with van der Waals surface area (Å²) in [5.74, 6) is -0.194. The Kier molecular flexibility index (Phi) is 4.05. The molecule has 0 atom stereocenters. The number of nitrogens with zero attached hydrogens (tertiary/aromatic N) is 1. The molecule has 0 amide bonds. The highest BCUT2D eigenvalue weighted by molar-refractivity contribution is 5.49. The molecule has 100 valence electrons. The Morgan fingerprint density at radius 3 is 2.63 bits per heavy atom. The van der Waals surface area contributed by atoms with Crippen molar-refractivity contribution in [1.29, 1.82) is 0 Å². The van der Waals surface area contributed by atoms with Gasteiger partial charge in [-0.05, 0) is 49.7 Å². The summed E-state index contributed by atoms with van der Waals surface area (Å²) >= 11 is 0. The maximum absolute atomic E-state index is 13.2. The first kappa shape index (κ1) is 13.4. The average molecular weight is 259 g/mol. The van der Waals surface area contributed by atoms with Crippen LogP contribution in [-0.4, -0.2) is 11.7 Å². The first-order valence-corrected chi connectivity index (χ1v) is 6.39. The fourth-order valence-electron chi connectivity index (χ4n) is 2.10. The van der Waals surface area contributed by atoms with Crippen molar-refractivity contribution in [2.24, 2.45) is 0 Å². The van der Waals surface area contributed by atoms with Gasteiger partial charge in [0.1, 0.15) is 11.6 Å². The number of halogens is 1. The molecule has 2 aromatic carbocycles. The second-order valence-electron chi connectivity index (χ2n) is 4.63. The van der Waals surface area contributed by atoms with Gasteiger partial charge in [0.25, 0.3) is 0 Å². The number of aromatic hydroxyl groups is 1. The van der Waals surface area contributed by atoms with Crippen LogP contribution in [0.15, 0.2) is 42.5 Å². The van der Waals surface area contributed by atoms with E-state index in [0.717, 1.165) is 12.2 Å². The minimum atomic E-state index is -0.326. The van der Waals surface area contributed by atoms with E-state index in [4.69, 9.17) is 0 Å². The molecule has 2 nitrogen and oxygen atoms in total. The molecular weight excluding hydrogens is 241 g/mol. The molecule has 1 N–H and O–H groups in total. The Bertz CT molecular complexity index is 568. The highest BCUT2D eigenvalue weighted by Gasteiger charge is 2.09. The largest absolute Gasteiger partial charge is 0.508 e. The minimum Gasteiger partial charge on any atom is -0.508 e. The van der Waals surface area contributed by atoms with Gasteiger partial charge in [-0.2, -0.15) is 0 Å². The lowest BCUT2D eigenvalue weighted by Gasteiger charge is -2.24. The Balaban J connectivity index is 2.26. The number of hydrogen-bond acceptors (Lipinski definition) is 2. The summed E-state index contributed by atoms with van der Waals surface area (Å²) in [6, 6.07) is 12.2. The van der Waals surface area contributed by atoms with Crippen LogP contribution in [0.4, 0.5) is 10.1 Å². The highest BCUT2D eigenvalue weighted by Crippen LogP contribution is 2.23. The van der Waals surface area contributed by atoms with Gasteiger partial charge in [0.05, 0.1) is 0 Å². The molecular formula is C16H18FNO. The third-order valence-corrected chi connectivity index (χ3v) is 3.15. The Labute approximate surface area is 113 Å². The SMILES string of the molecule is CCN(Cc1cc(F)ccc1O)c1cccc(C)c1. The van der Waals surface area contributed by atoms with Crippen LogP contribution in [0.5, 0.6) is 5.75 Å². The molecule has 0 fully saturated rings. The molecule has 0 heterocycles. The molecule has 2 aromatic rings. The molecule has 0 aliphatic carbocycles. The van der Waals surface area contributed by atoms with Crippen LogP contribution >= 0.6 is 0 Å². The molecule has 0 aromatic heterocycles. The van der Waals surface area contributed by atoms with E-state index in [1.54, 1.807) is 0 Å². The fraction of sp³-hybridized carbons (Fsp3) is 0.250. The second-order valence-corrected chi connectivity index (χ2v) is 4.63. The van der Waals surface area contributed by atoms with E-state index < -0.39 is 0 Å². The van der Waals surface area contributed by atoms with Gasteiger partial charge in [0.2, 0.25) is 0 Å². The van der Waals surface area contributed by atoms with Crippen molar-refractivity contribution in [2.45, 2.75) is 20.4 Å². The summed E-state index contributed by atoms with van der Waals surface area (Å²) < 4.78 is 13.2. The first-order chi connectivity index (χ1) is 9.10. The third kappa shape index (κ3) is 3.25. The van der Waals surface area contributed by atoms with Gasteiger partial charge in [0.15, 0.2) is 0 Å². The van der Waals surface area contributed by atoms with Crippen molar-refractivity contribution < 1.29 is 9.50 Å². The van der Waals surface area contributed by atoms with Crippen LogP contribution in [0.3, 0.4) is 0 Å². The van der Waals surface area contributed by atoms with Crippen molar-refractivity contribution in [1.82, 2.24) is 0 Å². The molecule has 0 saturated heterocycles. The van der Waals surface area contributed by atoms with Crippen molar-refractivity contribution in [3.8, 4) is 5.75 Å². The first-order valence-electron chi connectivity index (χ1n) is 6.39. The number of phenolic OH excluding ortho intramolecular Hbond substituents is 1. The van der Waals surface area contributed by atoms with Crippen molar-refractivity contribution in [3.05, 3.63) is 59.4 Å². The maximum atomic E-state index is 13.2. The molecule has 19 heavy (non-hydrogen) atoms. The standard InChI is InChI=1S/C16H18FNO/c1-3-18(15-6-4-5-12(2)9-15)11-13-10-14(17)7-8-16(13)19/h4-10,19H,3,11H2,1-2H3. The number of hydrogen-bond donors (Lipinski definition) is 1. The van der Waals surface area contributed by atoms with Crippen LogP contribution in [0.1, 0.15) is 18.1 Å². The predicted molar refractivity (Wildman–Crippen MR) is 76.0 cm³/mol. The second kappa shape index (κ2) is 5.74. The van der Waals surface area contributed by atoms with Crippen LogP contribution in [0.2, 0.25) is 0 Å². The zero-order valence-corrected chi connectivity index (χ0v) is 11.2. The summed E-state index contributed by atoms with van der Waals surface area (Å²) in [5.41, 5.74) is 2.86. The smallest absolute Gasteiger partial charge is 0.123 e. The van der Waals surface area contributed by atoms with Crippen LogP contribution in [0, 0.1) is 12.7 Å². The number of phenols is 1. The Morgan fingerprint density at radius 2 is 1.95 bits per heavy atom. The van der Waals surface area contributed by atoms with Crippen LogP contribution < -0.4 is 4.90 Å². The molecule has 2 rings (SSSR count). The molecule has 0 aliphatic heterocycles. The van der Waals surface area contributed by atoms with Crippen molar-refractivity contribution >= 4 is 5.69 Å². The lowest BCUT2D eigenvalue weighted by molar-refractivity contribution is 0.464. The minimum absolute atomic E-state index is 0.132. The van der Waals surface area contributed by atoms with E-state index in [-0.39, 0.29) is 11.6 Å². The number of anilines is 1. The van der Waals surface area contributed by atoms with Gasteiger partial charge in [-0.3, -0.25) is 0 Å². The fourth-order valence-corrected chi connectivity index (χ4v) is 2.10. The van der Waals surface area contributed by atoms with Gasteiger partial charge >= 0.3 is 0 Å². The topological polar surface area (TPSA) is 23.5 Å². The molecule has 0 saturated carbocycles. The lowest BCUT2D eigenvalue weighted by atomic mass is 10.1. The highest BCUT2D eigenvalue weighted by atomic mass is 19.1. The van der Waals surface area contributed by atoms with E-state index in [1.165, 1.54) is 23.8 Å². The van der Waals surface area contributed by atoms with E-state index >= 15 is 0 Å². The predicted octanol–water partition coefficient (Wildman–Crippen LogP) is 3.87. The van der Waals surface area contributed by atoms with Crippen molar-refractivity contribution in [3.63, 3.8) is 0 Å². The van der Waals surface area contributed by atoms with E-state index in [0.29, 0.717) is 12.1 Å². The Hall–Kier alpha value is -2.03. The summed E-state index contributed by atoms with van der Waals surface area (Å²) in [6.45, 7) is 5.36. The molecule has 3 heteroatoms. The summed E-state index contributed by atoms with van der Waals surface area (Å²) in [6.07, 6.45) is 0. The number of benzene rings is 2. The Morgan fingerprint density at radius 1 is 1.16 bits per heavy atom. The van der Waals surface area contributed by atoms with Gasteiger partial charge in [-0.25, -0.2) is 4.39 Å². The van der Waals surface area contributed by atoms with Gasteiger partial charge in [-0.15, -0.1) is 0 Å². The number of aryl methyl sites for hydroxylation is 1. The van der Waals surface area contributed by atoms with Crippen LogP contribution in [-0.2, 0) is 6.54 Å². The van der Waals surface area contributed by atoms with Gasteiger partial charge in [0, 0.05) is 24.3 Å². The van der Waals surface area contributed by atoms with Crippen LogP contribution in [0.25, 0.3) is 0 Å². The maximum Gasteiger partial charge on any atom is 0.123 e. The van der Waals surface area contributed by atoms with E-state index in [9.17, 15) is 9.50 Å². The van der Waals surface area contributed by atoms with E-state index in [2.05, 4.69) is 11.0 Å². The summed E-state index contributed by atoms with van der Waals surface area (Å²) in [5, 5.41) is 9.79. The summed E-state index contributed by atoms with van der Waals surface area (Å²) in [7, 11) is 0. The van der Waals surface area contributed by atoms with Crippen molar-refractivity contribution in [2.75, 3.05) is 11.4 Å². The average Bonchev–Trinajstić information content (AvgIpc) is 2.39. The zero-order valence-electron chi connectivity index (χ0n) is 11.2. The molecule has 0 aliphatic rings. The summed E-state index contributed by atoms with van der Waals surface area (Å²) in [4.78, 5) is 2.10. The monoisotopic (exact) mass is 259 g/mol. The normalized spacial score (nSPS) is 10.5. The molecule has 0 radical (unpaired) electrons. The van der Waals surface area contributed by atoms with E-state index in [1.807, 2.05) is 32.0 Å². The lowest BCUT2D eigenvalue weighted by Crippen LogP contribution is -2.22. The quantitative estimate of drug-likeness (QED) is 0.901. The zero-order chi connectivity index (χ0) is 13.8. The van der Waals surface area contributed by atoms with Gasteiger partial charge < -0.3 is 10.0 Å².